The van der Waals surface area contributed by atoms with Gasteiger partial charge < -0.3 is 5.11 Å². The van der Waals surface area contributed by atoms with Crippen LogP contribution in [-0.4, -0.2) is 28.1 Å². The lowest BCUT2D eigenvalue weighted by Gasteiger charge is -2.67. The Kier molecular flexibility index (Phi) is 5.96. The maximum Gasteiger partial charge on any atom is 0.160 e. The SMILES string of the molecule is CC(CC(=O)CC(C)(C)O)C1=C2CCC3C4(C)CCC(=O)C(C)(C)C4CCC3(C)C2(C)CC1=O. The minimum absolute atomic E-state index is 0.0243. The second-order valence-electron chi connectivity index (χ2n) is 14.2. The summed E-state index contributed by atoms with van der Waals surface area (Å²) in [5.41, 5.74) is 0.922. The molecule has 0 aliphatic heterocycles. The third kappa shape index (κ3) is 3.61. The highest BCUT2D eigenvalue weighted by atomic mass is 16.3. The van der Waals surface area contributed by atoms with E-state index in [1.807, 2.05) is 6.92 Å². The van der Waals surface area contributed by atoms with Crippen molar-refractivity contribution in [2.45, 2.75) is 119 Å². The largest absolute Gasteiger partial charge is 0.390 e. The molecule has 0 aromatic carbocycles. The Morgan fingerprint density at radius 1 is 1.03 bits per heavy atom. The summed E-state index contributed by atoms with van der Waals surface area (Å²) < 4.78 is 0. The maximum atomic E-state index is 13.5. The molecule has 0 aromatic heterocycles. The molecule has 0 heterocycles. The summed E-state index contributed by atoms with van der Waals surface area (Å²) in [6.45, 7) is 16.9. The molecule has 3 fully saturated rings. The lowest BCUT2D eigenvalue weighted by atomic mass is 9.36. The molecule has 4 rings (SSSR count). The zero-order chi connectivity index (χ0) is 25.5. The van der Waals surface area contributed by atoms with E-state index in [2.05, 4.69) is 34.6 Å². The lowest BCUT2D eigenvalue weighted by molar-refractivity contribution is -0.180. The number of ketones is 3. The summed E-state index contributed by atoms with van der Waals surface area (Å²) in [6, 6.07) is 0. The summed E-state index contributed by atoms with van der Waals surface area (Å²) in [4.78, 5) is 39.0. The summed E-state index contributed by atoms with van der Waals surface area (Å²) in [7, 11) is 0. The maximum absolute atomic E-state index is 13.5. The van der Waals surface area contributed by atoms with Crippen LogP contribution < -0.4 is 0 Å². The van der Waals surface area contributed by atoms with E-state index in [9.17, 15) is 19.5 Å². The number of fused-ring (bicyclic) bond motifs is 5. The van der Waals surface area contributed by atoms with Crippen LogP contribution in [0.4, 0.5) is 0 Å². The van der Waals surface area contributed by atoms with Crippen molar-refractivity contribution in [1.82, 2.24) is 0 Å². The van der Waals surface area contributed by atoms with E-state index in [4.69, 9.17) is 0 Å². The molecule has 0 aromatic rings. The fourth-order valence-corrected chi connectivity index (χ4v) is 9.47. The predicted octanol–water partition coefficient (Wildman–Crippen LogP) is 6.24. The van der Waals surface area contributed by atoms with Crippen molar-refractivity contribution in [3.05, 3.63) is 11.1 Å². The van der Waals surface area contributed by atoms with E-state index in [0.29, 0.717) is 36.9 Å². The van der Waals surface area contributed by atoms with Crippen molar-refractivity contribution < 1.29 is 19.5 Å². The Bertz CT molecular complexity index is 949. The van der Waals surface area contributed by atoms with Gasteiger partial charge in [-0.2, -0.15) is 0 Å². The minimum Gasteiger partial charge on any atom is -0.390 e. The van der Waals surface area contributed by atoms with Gasteiger partial charge in [-0.1, -0.05) is 47.1 Å². The Morgan fingerprint density at radius 2 is 1.68 bits per heavy atom. The molecule has 6 atom stereocenters. The predicted molar refractivity (Wildman–Crippen MR) is 134 cm³/mol. The molecule has 4 aliphatic carbocycles. The first-order valence-corrected chi connectivity index (χ1v) is 13.5. The molecule has 0 radical (unpaired) electrons. The molecule has 4 nitrogen and oxygen atoms in total. The van der Waals surface area contributed by atoms with E-state index < -0.39 is 5.60 Å². The Labute approximate surface area is 206 Å². The molecule has 6 unspecified atom stereocenters. The Morgan fingerprint density at radius 3 is 2.29 bits per heavy atom. The topological polar surface area (TPSA) is 71.4 Å². The van der Waals surface area contributed by atoms with Gasteiger partial charge in [0.15, 0.2) is 5.78 Å². The van der Waals surface area contributed by atoms with Gasteiger partial charge in [0, 0.05) is 36.5 Å². The van der Waals surface area contributed by atoms with Crippen LogP contribution in [0.2, 0.25) is 0 Å². The second-order valence-corrected chi connectivity index (χ2v) is 14.2. The molecule has 3 saturated carbocycles. The first-order valence-electron chi connectivity index (χ1n) is 13.5. The molecular formula is C30H46O4. The zero-order valence-electron chi connectivity index (χ0n) is 22.8. The molecular weight excluding hydrogens is 424 g/mol. The van der Waals surface area contributed by atoms with Gasteiger partial charge in [-0.25, -0.2) is 0 Å². The van der Waals surface area contributed by atoms with Crippen LogP contribution in [0, 0.1) is 39.4 Å². The van der Waals surface area contributed by atoms with Crippen molar-refractivity contribution in [2.75, 3.05) is 0 Å². The third-order valence-corrected chi connectivity index (χ3v) is 11.2. The average molecular weight is 471 g/mol. The van der Waals surface area contributed by atoms with Gasteiger partial charge in [0.1, 0.15) is 11.6 Å². The van der Waals surface area contributed by atoms with E-state index in [0.717, 1.165) is 37.7 Å². The molecule has 0 spiro atoms. The standard InChI is InChI=1S/C30H46O4/c1-18(15-19(31)16-26(2,3)34)25-20-9-10-23-28(6)13-12-24(33)27(4,5)22(28)11-14-29(23,7)30(20,8)17-21(25)32/h18,22-23,34H,9-17H2,1-8H3. The molecule has 0 saturated heterocycles. The number of carbonyl (C=O) groups excluding carboxylic acids is 3. The van der Waals surface area contributed by atoms with Crippen LogP contribution >= 0.6 is 0 Å². The number of Topliss-reactive ketones (excluding diaryl/α,β-unsaturated/α-hetero) is 3. The Hall–Kier alpha value is -1.29. The average Bonchev–Trinajstić information content (AvgIpc) is 2.94. The first-order chi connectivity index (χ1) is 15.5. The second kappa shape index (κ2) is 7.85. The van der Waals surface area contributed by atoms with Crippen molar-refractivity contribution in [1.29, 1.82) is 0 Å². The number of rotatable bonds is 5. The van der Waals surface area contributed by atoms with E-state index in [1.165, 1.54) is 5.57 Å². The van der Waals surface area contributed by atoms with Gasteiger partial charge in [0.25, 0.3) is 0 Å². The van der Waals surface area contributed by atoms with E-state index in [1.54, 1.807) is 13.8 Å². The monoisotopic (exact) mass is 470 g/mol. The highest BCUT2D eigenvalue weighted by Crippen LogP contribution is 2.73. The van der Waals surface area contributed by atoms with Crippen molar-refractivity contribution in [2.24, 2.45) is 39.4 Å². The van der Waals surface area contributed by atoms with Crippen LogP contribution in [0.1, 0.15) is 113 Å². The molecule has 1 N–H and O–H groups in total. The van der Waals surface area contributed by atoms with Gasteiger partial charge >= 0.3 is 0 Å². The highest BCUT2D eigenvalue weighted by molar-refractivity contribution is 6.01. The van der Waals surface area contributed by atoms with Gasteiger partial charge in [0.05, 0.1) is 5.60 Å². The number of hydrogen-bond donors (Lipinski definition) is 1. The van der Waals surface area contributed by atoms with E-state index >= 15 is 0 Å². The molecule has 190 valence electrons. The smallest absolute Gasteiger partial charge is 0.160 e. The van der Waals surface area contributed by atoms with Crippen molar-refractivity contribution in [3.8, 4) is 0 Å². The molecule has 4 aliphatic rings. The molecule has 0 amide bonds. The summed E-state index contributed by atoms with van der Waals surface area (Å²) in [5.74, 6) is 1.48. The number of hydrogen-bond acceptors (Lipinski definition) is 4. The number of aliphatic hydroxyl groups is 1. The van der Waals surface area contributed by atoms with Crippen LogP contribution in [0.3, 0.4) is 0 Å². The zero-order valence-corrected chi connectivity index (χ0v) is 22.8. The Balaban J connectivity index is 1.68. The van der Waals surface area contributed by atoms with Crippen LogP contribution in [0.5, 0.6) is 0 Å². The summed E-state index contributed by atoms with van der Waals surface area (Å²) >= 11 is 0. The highest BCUT2D eigenvalue weighted by Gasteiger charge is 2.67. The van der Waals surface area contributed by atoms with Crippen molar-refractivity contribution in [3.63, 3.8) is 0 Å². The minimum atomic E-state index is -1.02. The molecule has 4 heteroatoms. The van der Waals surface area contributed by atoms with E-state index in [-0.39, 0.29) is 45.6 Å². The van der Waals surface area contributed by atoms with Crippen molar-refractivity contribution >= 4 is 17.3 Å². The summed E-state index contributed by atoms with van der Waals surface area (Å²) in [6.07, 6.45) is 6.75. The normalized spacial score (nSPS) is 40.5. The van der Waals surface area contributed by atoms with Gasteiger partial charge in [-0.05, 0) is 80.1 Å². The van der Waals surface area contributed by atoms with Gasteiger partial charge in [0.2, 0.25) is 0 Å². The summed E-state index contributed by atoms with van der Waals surface area (Å²) in [5, 5.41) is 10.1. The molecule has 34 heavy (non-hydrogen) atoms. The van der Waals surface area contributed by atoms with Crippen LogP contribution in [-0.2, 0) is 14.4 Å². The van der Waals surface area contributed by atoms with Gasteiger partial charge in [-0.3, -0.25) is 14.4 Å². The molecule has 0 bridgehead atoms. The third-order valence-electron chi connectivity index (χ3n) is 11.2. The first kappa shape index (κ1) is 25.8. The fourth-order valence-electron chi connectivity index (χ4n) is 9.47. The number of carbonyl (C=O) groups is 3. The number of allylic oxidation sites excluding steroid dienone is 2. The quantitative estimate of drug-likeness (QED) is 0.516. The lowest BCUT2D eigenvalue weighted by Crippen LogP contribution is -2.62. The fraction of sp³-hybridized carbons (Fsp3) is 0.833. The van der Waals surface area contributed by atoms with Crippen LogP contribution in [0.25, 0.3) is 0 Å². The van der Waals surface area contributed by atoms with Gasteiger partial charge in [-0.15, -0.1) is 0 Å². The van der Waals surface area contributed by atoms with Crippen LogP contribution in [0.15, 0.2) is 11.1 Å².